The van der Waals surface area contributed by atoms with E-state index in [1.54, 1.807) is 7.11 Å². The van der Waals surface area contributed by atoms with Crippen LogP contribution in [-0.2, 0) is 16.0 Å². The molecule has 110 valence electrons. The molecule has 0 spiro atoms. The number of H-pyrrole nitrogens is 1. The molecule has 0 aliphatic carbocycles. The molecule has 5 nitrogen and oxygen atoms in total. The number of para-hydroxylation sites is 1. The Balaban J connectivity index is 1.95. The molecule has 0 radical (unpaired) electrons. The Hall–Kier alpha value is -1.76. The molecular formula is C15H17N3O2S. The SMILES string of the molecule is COCCOCCn1c(=S)[nH]c2cnc3ccccc3c21. The number of fused-ring (bicyclic) bond motifs is 3. The van der Waals surface area contributed by atoms with Crippen molar-refractivity contribution in [2.24, 2.45) is 0 Å². The second kappa shape index (κ2) is 6.34. The van der Waals surface area contributed by atoms with Crippen LogP contribution < -0.4 is 0 Å². The molecule has 2 heterocycles. The van der Waals surface area contributed by atoms with Crippen LogP contribution in [0.5, 0.6) is 0 Å². The molecule has 21 heavy (non-hydrogen) atoms. The van der Waals surface area contributed by atoms with Crippen LogP contribution >= 0.6 is 12.2 Å². The highest BCUT2D eigenvalue weighted by Crippen LogP contribution is 2.23. The van der Waals surface area contributed by atoms with Crippen LogP contribution in [0.3, 0.4) is 0 Å². The zero-order valence-corrected chi connectivity index (χ0v) is 12.7. The molecule has 0 bridgehead atoms. The number of pyridine rings is 1. The van der Waals surface area contributed by atoms with Gasteiger partial charge in [0.2, 0.25) is 0 Å². The average Bonchev–Trinajstić information content (AvgIpc) is 2.83. The monoisotopic (exact) mass is 303 g/mol. The number of hydrogen-bond acceptors (Lipinski definition) is 4. The predicted molar refractivity (Wildman–Crippen MR) is 85.1 cm³/mol. The van der Waals surface area contributed by atoms with Gasteiger partial charge in [0.25, 0.3) is 0 Å². The maximum absolute atomic E-state index is 5.54. The van der Waals surface area contributed by atoms with Crippen molar-refractivity contribution in [3.8, 4) is 0 Å². The molecule has 0 atom stereocenters. The van der Waals surface area contributed by atoms with Crippen molar-refractivity contribution in [3.05, 3.63) is 35.2 Å². The highest BCUT2D eigenvalue weighted by molar-refractivity contribution is 7.71. The minimum Gasteiger partial charge on any atom is -0.382 e. The van der Waals surface area contributed by atoms with E-state index in [1.165, 1.54) is 0 Å². The lowest BCUT2D eigenvalue weighted by Crippen LogP contribution is -2.09. The second-order valence-corrected chi connectivity index (χ2v) is 5.11. The summed E-state index contributed by atoms with van der Waals surface area (Å²) in [5, 5.41) is 1.10. The molecule has 1 N–H and O–H groups in total. The fourth-order valence-corrected chi connectivity index (χ4v) is 2.70. The first-order chi connectivity index (χ1) is 10.3. The molecule has 0 saturated heterocycles. The van der Waals surface area contributed by atoms with E-state index >= 15 is 0 Å². The number of nitrogens with one attached hydrogen (secondary N) is 1. The molecule has 3 aromatic rings. The first kappa shape index (κ1) is 14.2. The smallest absolute Gasteiger partial charge is 0.178 e. The number of methoxy groups -OCH3 is 1. The molecule has 6 heteroatoms. The van der Waals surface area contributed by atoms with Crippen molar-refractivity contribution in [1.82, 2.24) is 14.5 Å². The molecule has 0 unspecified atom stereocenters. The average molecular weight is 303 g/mol. The summed E-state index contributed by atoms with van der Waals surface area (Å²) in [6.07, 6.45) is 1.83. The van der Waals surface area contributed by atoms with Crippen LogP contribution in [0.2, 0.25) is 0 Å². The van der Waals surface area contributed by atoms with Gasteiger partial charge in [-0.05, 0) is 18.3 Å². The van der Waals surface area contributed by atoms with Gasteiger partial charge in [-0.25, -0.2) is 0 Å². The van der Waals surface area contributed by atoms with Crippen molar-refractivity contribution >= 4 is 34.2 Å². The van der Waals surface area contributed by atoms with Crippen molar-refractivity contribution in [1.29, 1.82) is 0 Å². The number of imidazole rings is 1. The Morgan fingerprint density at radius 3 is 2.95 bits per heavy atom. The van der Waals surface area contributed by atoms with Crippen molar-refractivity contribution in [2.45, 2.75) is 6.54 Å². The Kier molecular flexibility index (Phi) is 4.28. The predicted octanol–water partition coefficient (Wildman–Crippen LogP) is 2.91. The number of benzene rings is 1. The maximum atomic E-state index is 5.54. The van der Waals surface area contributed by atoms with Crippen LogP contribution in [0.1, 0.15) is 0 Å². The lowest BCUT2D eigenvalue weighted by Gasteiger charge is -2.07. The Morgan fingerprint density at radius 1 is 1.24 bits per heavy atom. The molecule has 3 rings (SSSR count). The molecule has 0 amide bonds. The highest BCUT2D eigenvalue weighted by Gasteiger charge is 2.09. The van der Waals surface area contributed by atoms with E-state index in [-0.39, 0.29) is 0 Å². The van der Waals surface area contributed by atoms with E-state index in [4.69, 9.17) is 21.7 Å². The standard InChI is InChI=1S/C15H17N3O2S/c1-19-8-9-20-7-6-18-14-11-4-2-3-5-12(11)16-10-13(14)17-15(18)21/h2-5,10H,6-9H2,1H3,(H,17,21). The molecule has 0 fully saturated rings. The Morgan fingerprint density at radius 2 is 2.10 bits per heavy atom. The van der Waals surface area contributed by atoms with Gasteiger partial charge in [-0.3, -0.25) is 4.98 Å². The van der Waals surface area contributed by atoms with Crippen molar-refractivity contribution in [3.63, 3.8) is 0 Å². The van der Waals surface area contributed by atoms with Crippen molar-refractivity contribution < 1.29 is 9.47 Å². The summed E-state index contributed by atoms with van der Waals surface area (Å²) in [6.45, 7) is 2.50. The molecule has 0 saturated carbocycles. The van der Waals surface area contributed by atoms with Crippen LogP contribution in [0.15, 0.2) is 30.5 Å². The lowest BCUT2D eigenvalue weighted by atomic mass is 10.2. The minimum atomic E-state index is 0.592. The first-order valence-corrected chi connectivity index (χ1v) is 7.25. The summed E-state index contributed by atoms with van der Waals surface area (Å²) in [6, 6.07) is 8.07. The Bertz CT molecular complexity index is 809. The molecule has 0 aliphatic heterocycles. The lowest BCUT2D eigenvalue weighted by molar-refractivity contribution is 0.0668. The van der Waals surface area contributed by atoms with Gasteiger partial charge < -0.3 is 19.0 Å². The summed E-state index contributed by atoms with van der Waals surface area (Å²) in [4.78, 5) is 7.65. The van der Waals surface area contributed by atoms with Gasteiger partial charge in [0, 0.05) is 19.0 Å². The van der Waals surface area contributed by atoms with Crippen LogP contribution in [0.25, 0.3) is 21.9 Å². The third kappa shape index (κ3) is 2.83. The zero-order chi connectivity index (χ0) is 14.7. The van der Waals surface area contributed by atoms with E-state index in [1.807, 2.05) is 24.4 Å². The molecule has 1 aromatic carbocycles. The van der Waals surface area contributed by atoms with E-state index in [0.717, 1.165) is 21.9 Å². The fraction of sp³-hybridized carbons (Fsp3) is 0.333. The zero-order valence-electron chi connectivity index (χ0n) is 11.8. The Labute approximate surface area is 127 Å². The number of ether oxygens (including phenoxy) is 2. The summed E-state index contributed by atoms with van der Waals surface area (Å²) in [5.74, 6) is 0. The van der Waals surface area contributed by atoms with Crippen molar-refractivity contribution in [2.75, 3.05) is 26.9 Å². The van der Waals surface area contributed by atoms with Gasteiger partial charge in [-0.1, -0.05) is 18.2 Å². The number of aromatic nitrogens is 3. The van der Waals surface area contributed by atoms with Crippen LogP contribution in [-0.4, -0.2) is 41.5 Å². The quantitative estimate of drug-likeness (QED) is 0.562. The van der Waals surface area contributed by atoms with Gasteiger partial charge in [0.15, 0.2) is 4.77 Å². The highest BCUT2D eigenvalue weighted by atomic mass is 32.1. The van der Waals surface area contributed by atoms with E-state index in [2.05, 4.69) is 20.6 Å². The third-order valence-electron chi connectivity index (χ3n) is 3.39. The van der Waals surface area contributed by atoms with E-state index < -0.39 is 0 Å². The minimum absolute atomic E-state index is 0.592. The summed E-state index contributed by atoms with van der Waals surface area (Å²) in [5.41, 5.74) is 3.00. The van der Waals surface area contributed by atoms with Gasteiger partial charge in [-0.15, -0.1) is 0 Å². The molecule has 0 aliphatic rings. The largest absolute Gasteiger partial charge is 0.382 e. The van der Waals surface area contributed by atoms with Gasteiger partial charge in [0.1, 0.15) is 0 Å². The van der Waals surface area contributed by atoms with Crippen LogP contribution in [0.4, 0.5) is 0 Å². The number of nitrogens with zero attached hydrogens (tertiary/aromatic N) is 2. The van der Waals surface area contributed by atoms with Gasteiger partial charge in [0.05, 0.1) is 42.6 Å². The molecule has 2 aromatic heterocycles. The van der Waals surface area contributed by atoms with Gasteiger partial charge in [-0.2, -0.15) is 0 Å². The summed E-state index contributed by atoms with van der Waals surface area (Å²) in [7, 11) is 1.66. The normalized spacial score (nSPS) is 11.5. The van der Waals surface area contributed by atoms with Crippen LogP contribution in [0, 0.1) is 4.77 Å². The number of aromatic amines is 1. The topological polar surface area (TPSA) is 52.1 Å². The fourth-order valence-electron chi connectivity index (χ4n) is 2.41. The first-order valence-electron chi connectivity index (χ1n) is 6.84. The number of hydrogen-bond donors (Lipinski definition) is 1. The van der Waals surface area contributed by atoms with E-state index in [0.29, 0.717) is 31.1 Å². The molecular weight excluding hydrogens is 286 g/mol. The van der Waals surface area contributed by atoms with Gasteiger partial charge >= 0.3 is 0 Å². The van der Waals surface area contributed by atoms with E-state index in [9.17, 15) is 0 Å². The number of rotatable bonds is 6. The second-order valence-electron chi connectivity index (χ2n) is 4.72. The maximum Gasteiger partial charge on any atom is 0.178 e. The summed E-state index contributed by atoms with van der Waals surface area (Å²) >= 11 is 5.42. The third-order valence-corrected chi connectivity index (χ3v) is 3.72. The summed E-state index contributed by atoms with van der Waals surface area (Å²) < 4.78 is 13.3.